The average molecular weight is 178 g/mol. The molecule has 1 heterocycles. The molecule has 1 aromatic rings. The molecule has 0 saturated carbocycles. The van der Waals surface area contributed by atoms with E-state index in [1.165, 1.54) is 24.1 Å². The number of aryl methyl sites for hydroxylation is 2. The number of hydrogen-bond acceptors (Lipinski definition) is 3. The van der Waals surface area contributed by atoms with E-state index in [-0.39, 0.29) is 0 Å². The zero-order valence-corrected chi connectivity index (χ0v) is 7.62. The second-order valence-electron chi connectivity index (χ2n) is 3.25. The van der Waals surface area contributed by atoms with Crippen LogP contribution in [-0.4, -0.2) is 18.1 Å². The molecular formula is C10H14N2O. The van der Waals surface area contributed by atoms with E-state index in [9.17, 15) is 0 Å². The van der Waals surface area contributed by atoms with Gasteiger partial charge >= 0.3 is 0 Å². The van der Waals surface area contributed by atoms with E-state index in [1.54, 1.807) is 0 Å². The first-order chi connectivity index (χ1) is 6.40. The van der Waals surface area contributed by atoms with E-state index in [0.29, 0.717) is 19.0 Å². The minimum Gasteiger partial charge on any atom is -0.476 e. The van der Waals surface area contributed by atoms with Crippen molar-refractivity contribution in [3.8, 4) is 5.88 Å². The monoisotopic (exact) mass is 178 g/mol. The van der Waals surface area contributed by atoms with Crippen LogP contribution in [0.1, 0.15) is 17.7 Å². The standard InChI is InChI=1S/C10H14N2O/c11-6-7-13-10-5-4-8-2-1-3-9(8)12-10/h4-5H,1-3,6-7,11H2. The number of fused-ring (bicyclic) bond motifs is 1. The number of rotatable bonds is 3. The summed E-state index contributed by atoms with van der Waals surface area (Å²) in [4.78, 5) is 4.41. The Morgan fingerprint density at radius 1 is 1.38 bits per heavy atom. The molecule has 2 N–H and O–H groups in total. The highest BCUT2D eigenvalue weighted by atomic mass is 16.5. The summed E-state index contributed by atoms with van der Waals surface area (Å²) in [7, 11) is 0. The van der Waals surface area contributed by atoms with Gasteiger partial charge in [-0.15, -0.1) is 0 Å². The number of nitrogens with two attached hydrogens (primary N) is 1. The molecule has 0 spiro atoms. The Balaban J connectivity index is 2.12. The van der Waals surface area contributed by atoms with Crippen LogP contribution in [0.3, 0.4) is 0 Å². The lowest BCUT2D eigenvalue weighted by atomic mass is 10.2. The topological polar surface area (TPSA) is 48.1 Å². The fourth-order valence-corrected chi connectivity index (χ4v) is 1.64. The van der Waals surface area contributed by atoms with E-state index < -0.39 is 0 Å². The first-order valence-corrected chi connectivity index (χ1v) is 4.72. The molecule has 1 aliphatic carbocycles. The minimum atomic E-state index is 0.540. The second-order valence-corrected chi connectivity index (χ2v) is 3.25. The molecule has 70 valence electrons. The Bertz CT molecular complexity index is 299. The van der Waals surface area contributed by atoms with Gasteiger partial charge in [-0.25, -0.2) is 4.98 Å². The fourth-order valence-electron chi connectivity index (χ4n) is 1.64. The lowest BCUT2D eigenvalue weighted by molar-refractivity contribution is 0.315. The summed E-state index contributed by atoms with van der Waals surface area (Å²) in [6, 6.07) is 4.04. The van der Waals surface area contributed by atoms with E-state index in [1.807, 2.05) is 6.07 Å². The van der Waals surface area contributed by atoms with Crippen molar-refractivity contribution in [1.29, 1.82) is 0 Å². The summed E-state index contributed by atoms with van der Waals surface area (Å²) in [5.41, 5.74) is 7.91. The molecule has 0 fully saturated rings. The molecule has 3 nitrogen and oxygen atoms in total. The van der Waals surface area contributed by atoms with Crippen LogP contribution in [0.2, 0.25) is 0 Å². The average Bonchev–Trinajstić information content (AvgIpc) is 2.61. The van der Waals surface area contributed by atoms with Crippen molar-refractivity contribution >= 4 is 0 Å². The van der Waals surface area contributed by atoms with Crippen molar-refractivity contribution in [1.82, 2.24) is 4.98 Å². The van der Waals surface area contributed by atoms with Crippen LogP contribution in [0, 0.1) is 0 Å². The summed E-state index contributed by atoms with van der Waals surface area (Å²) in [6.07, 6.45) is 3.48. The van der Waals surface area contributed by atoms with Gasteiger partial charge in [0, 0.05) is 18.3 Å². The van der Waals surface area contributed by atoms with Gasteiger partial charge in [-0.3, -0.25) is 0 Å². The highest BCUT2D eigenvalue weighted by Gasteiger charge is 2.12. The Morgan fingerprint density at radius 2 is 2.31 bits per heavy atom. The molecule has 3 heteroatoms. The summed E-state index contributed by atoms with van der Waals surface area (Å²) < 4.78 is 5.34. The van der Waals surface area contributed by atoms with Gasteiger partial charge in [0.05, 0.1) is 0 Å². The predicted molar refractivity (Wildman–Crippen MR) is 50.8 cm³/mol. The lowest BCUT2D eigenvalue weighted by Crippen LogP contribution is -2.11. The number of nitrogens with zero attached hydrogens (tertiary/aromatic N) is 1. The number of ether oxygens (including phenoxy) is 1. The third-order valence-electron chi connectivity index (χ3n) is 2.27. The Kier molecular flexibility index (Phi) is 2.45. The van der Waals surface area contributed by atoms with Gasteiger partial charge in [0.25, 0.3) is 0 Å². The molecule has 13 heavy (non-hydrogen) atoms. The number of hydrogen-bond donors (Lipinski definition) is 1. The summed E-state index contributed by atoms with van der Waals surface area (Å²) in [6.45, 7) is 1.09. The number of pyridine rings is 1. The van der Waals surface area contributed by atoms with Crippen molar-refractivity contribution in [3.05, 3.63) is 23.4 Å². The fraction of sp³-hybridized carbons (Fsp3) is 0.500. The van der Waals surface area contributed by atoms with Crippen LogP contribution in [-0.2, 0) is 12.8 Å². The lowest BCUT2D eigenvalue weighted by Gasteiger charge is -2.04. The van der Waals surface area contributed by atoms with Crippen molar-refractivity contribution in [2.24, 2.45) is 5.73 Å². The molecule has 0 saturated heterocycles. The maximum atomic E-state index is 5.34. The highest BCUT2D eigenvalue weighted by molar-refractivity contribution is 5.29. The largest absolute Gasteiger partial charge is 0.476 e. The SMILES string of the molecule is NCCOc1ccc2c(n1)CCC2. The number of aromatic nitrogens is 1. The third kappa shape index (κ3) is 1.80. The normalized spacial score (nSPS) is 14.2. The maximum absolute atomic E-state index is 5.34. The second kappa shape index (κ2) is 3.75. The zero-order chi connectivity index (χ0) is 9.10. The Labute approximate surface area is 77.9 Å². The zero-order valence-electron chi connectivity index (χ0n) is 7.62. The van der Waals surface area contributed by atoms with Gasteiger partial charge in [-0.1, -0.05) is 6.07 Å². The van der Waals surface area contributed by atoms with Gasteiger partial charge in [-0.2, -0.15) is 0 Å². The van der Waals surface area contributed by atoms with Crippen molar-refractivity contribution in [2.75, 3.05) is 13.2 Å². The van der Waals surface area contributed by atoms with Gasteiger partial charge < -0.3 is 10.5 Å². The first-order valence-electron chi connectivity index (χ1n) is 4.72. The quantitative estimate of drug-likeness (QED) is 0.748. The Morgan fingerprint density at radius 3 is 3.15 bits per heavy atom. The van der Waals surface area contributed by atoms with E-state index >= 15 is 0 Å². The molecular weight excluding hydrogens is 164 g/mol. The third-order valence-corrected chi connectivity index (χ3v) is 2.27. The van der Waals surface area contributed by atoms with Gasteiger partial charge in [0.2, 0.25) is 5.88 Å². The molecule has 2 rings (SSSR count). The smallest absolute Gasteiger partial charge is 0.213 e. The molecule has 0 unspecified atom stereocenters. The molecule has 1 aliphatic rings. The van der Waals surface area contributed by atoms with E-state index in [4.69, 9.17) is 10.5 Å². The Hall–Kier alpha value is -1.09. The van der Waals surface area contributed by atoms with Crippen LogP contribution in [0.4, 0.5) is 0 Å². The van der Waals surface area contributed by atoms with E-state index in [0.717, 1.165) is 6.42 Å². The van der Waals surface area contributed by atoms with Gasteiger partial charge in [0.1, 0.15) is 6.61 Å². The van der Waals surface area contributed by atoms with Crippen molar-refractivity contribution in [2.45, 2.75) is 19.3 Å². The predicted octanol–water partition coefficient (Wildman–Crippen LogP) is 0.908. The molecule has 0 aliphatic heterocycles. The van der Waals surface area contributed by atoms with E-state index in [2.05, 4.69) is 11.1 Å². The summed E-state index contributed by atoms with van der Waals surface area (Å²) in [5.74, 6) is 0.714. The highest BCUT2D eigenvalue weighted by Crippen LogP contribution is 2.22. The van der Waals surface area contributed by atoms with Gasteiger partial charge in [0.15, 0.2) is 0 Å². The molecule has 0 aromatic carbocycles. The maximum Gasteiger partial charge on any atom is 0.213 e. The van der Waals surface area contributed by atoms with Gasteiger partial charge in [-0.05, 0) is 24.8 Å². The first kappa shape index (κ1) is 8.51. The van der Waals surface area contributed by atoms with Crippen LogP contribution < -0.4 is 10.5 Å². The van der Waals surface area contributed by atoms with Crippen LogP contribution >= 0.6 is 0 Å². The van der Waals surface area contributed by atoms with Crippen LogP contribution in [0.25, 0.3) is 0 Å². The summed E-state index contributed by atoms with van der Waals surface area (Å²) in [5, 5.41) is 0. The van der Waals surface area contributed by atoms with Crippen LogP contribution in [0.15, 0.2) is 12.1 Å². The molecule has 1 aromatic heterocycles. The van der Waals surface area contributed by atoms with Crippen molar-refractivity contribution in [3.63, 3.8) is 0 Å². The molecule has 0 bridgehead atoms. The summed E-state index contributed by atoms with van der Waals surface area (Å²) >= 11 is 0. The molecule has 0 radical (unpaired) electrons. The minimum absolute atomic E-state index is 0.540. The van der Waals surface area contributed by atoms with Crippen LogP contribution in [0.5, 0.6) is 5.88 Å². The van der Waals surface area contributed by atoms with Crippen molar-refractivity contribution < 1.29 is 4.74 Å². The molecule has 0 amide bonds. The molecule has 0 atom stereocenters.